The molecule has 4 heterocycles. The van der Waals surface area contributed by atoms with Gasteiger partial charge in [0.15, 0.2) is 0 Å². The Kier molecular flexibility index (Phi) is 15.5. The first-order valence-corrected chi connectivity index (χ1v) is 22.8. The van der Waals surface area contributed by atoms with E-state index in [1.54, 1.807) is 85.3 Å². The minimum absolute atomic E-state index is 0.0470. The predicted molar refractivity (Wildman–Crippen MR) is 253 cm³/mol. The number of aliphatic hydroxyl groups is 2. The number of hydrogen-bond acceptors (Lipinski definition) is 8. The summed E-state index contributed by atoms with van der Waals surface area (Å²) in [6, 6.07) is 22.8. The van der Waals surface area contributed by atoms with Crippen molar-refractivity contribution in [1.29, 1.82) is 0 Å². The van der Waals surface area contributed by atoms with Crippen molar-refractivity contribution < 1.29 is 29.3 Å². The van der Waals surface area contributed by atoms with E-state index < -0.39 is 22.4 Å². The van der Waals surface area contributed by atoms with Gasteiger partial charge in [-0.05, 0) is 125 Å². The number of carbonyl (C=O) groups excluding carboxylic acids is 2. The highest BCUT2D eigenvalue weighted by Gasteiger charge is 2.46. The molecular weight excluding hydrogens is 809 g/mol. The van der Waals surface area contributed by atoms with Gasteiger partial charge in [-0.3, -0.25) is 9.59 Å². The number of cyclic esters (lactones) is 2. The smallest absolute Gasteiger partial charge is 0.410 e. The Balaban J connectivity index is 0.000000241. The first-order chi connectivity index (χ1) is 29.8. The number of ether oxygens (including phenoxy) is 2. The van der Waals surface area contributed by atoms with Gasteiger partial charge >= 0.3 is 12.2 Å². The molecule has 0 unspecified atom stereocenters. The molecule has 2 aliphatic heterocycles. The van der Waals surface area contributed by atoms with Crippen LogP contribution in [0.25, 0.3) is 22.3 Å². The largest absolute Gasteiger partial charge is 0.442 e. The highest BCUT2D eigenvalue weighted by Crippen LogP contribution is 2.41. The minimum atomic E-state index is -0.788. The van der Waals surface area contributed by atoms with Gasteiger partial charge in [0.1, 0.15) is 11.2 Å². The zero-order valence-corrected chi connectivity index (χ0v) is 40.2. The molecule has 0 saturated carbocycles. The lowest BCUT2D eigenvalue weighted by molar-refractivity contribution is -0.0970. The molecule has 0 spiro atoms. The number of pyridine rings is 2. The molecule has 4 aromatic rings. The Morgan fingerprint density at radius 1 is 0.547 bits per heavy atom. The molecule has 348 valence electrons. The van der Waals surface area contributed by atoms with E-state index in [2.05, 4.69) is 27.7 Å². The maximum Gasteiger partial charge on any atom is 0.410 e. The van der Waals surface area contributed by atoms with Crippen LogP contribution < -0.4 is 11.1 Å². The Labute approximate surface area is 379 Å². The summed E-state index contributed by atoms with van der Waals surface area (Å²) in [5.74, 6) is 0.341. The summed E-state index contributed by atoms with van der Waals surface area (Å²) < 4.78 is 15.2. The monoisotopic (exact) mass is 881 g/mol. The second-order valence-corrected chi connectivity index (χ2v) is 20.0. The van der Waals surface area contributed by atoms with Gasteiger partial charge in [-0.15, -0.1) is 0 Å². The first-order valence-electron chi connectivity index (χ1n) is 22.8. The number of hydrogen-bond donors (Lipinski definition) is 2. The third-order valence-electron chi connectivity index (χ3n) is 13.6. The third kappa shape index (κ3) is 12.1. The van der Waals surface area contributed by atoms with Crippen molar-refractivity contribution in [3.05, 3.63) is 117 Å². The van der Waals surface area contributed by atoms with Crippen LogP contribution in [0.5, 0.6) is 0 Å². The zero-order valence-electron chi connectivity index (χ0n) is 40.2. The lowest BCUT2D eigenvalue weighted by Gasteiger charge is -2.46. The fourth-order valence-corrected chi connectivity index (χ4v) is 8.57. The Hall–Kier alpha value is -5.20. The summed E-state index contributed by atoms with van der Waals surface area (Å²) in [5.41, 5.74) is 2.95. The topological polar surface area (TPSA) is 144 Å². The highest BCUT2D eigenvalue weighted by atomic mass is 16.6. The number of carbonyl (C=O) groups is 2. The highest BCUT2D eigenvalue weighted by molar-refractivity contribution is 5.71. The fraction of sp³-hybridized carbons (Fsp3) is 0.538. The molecule has 0 radical (unpaired) electrons. The summed E-state index contributed by atoms with van der Waals surface area (Å²) >= 11 is 0. The van der Waals surface area contributed by atoms with Crippen LogP contribution in [0.1, 0.15) is 131 Å². The van der Waals surface area contributed by atoms with Gasteiger partial charge in [-0.1, -0.05) is 76.2 Å². The molecule has 64 heavy (non-hydrogen) atoms. The van der Waals surface area contributed by atoms with Crippen LogP contribution in [0.2, 0.25) is 0 Å². The number of rotatable bonds is 14. The van der Waals surface area contributed by atoms with Crippen LogP contribution in [0.3, 0.4) is 0 Å². The van der Waals surface area contributed by atoms with Crippen molar-refractivity contribution in [2.45, 2.75) is 142 Å². The van der Waals surface area contributed by atoms with Crippen LogP contribution in [0.4, 0.5) is 9.59 Å². The van der Waals surface area contributed by atoms with Crippen molar-refractivity contribution in [1.82, 2.24) is 18.9 Å². The molecule has 0 aliphatic carbocycles. The van der Waals surface area contributed by atoms with E-state index in [0.29, 0.717) is 38.8 Å². The summed E-state index contributed by atoms with van der Waals surface area (Å²) in [4.78, 5) is 53.4. The van der Waals surface area contributed by atoms with Gasteiger partial charge in [0.05, 0.1) is 23.3 Å². The standard InChI is InChI=1S/2C26H36N2O4/c2*1-18(2)26(13-12-25(4,5)31)14-16-28(24(30)32-26)19(3)20-7-9-21(10-8-20)22-11-15-27(6)23(29)17-22/h2*7-11,15,17-19,31H,12-14,16H2,1-6H3/t19-,26+;19-,26-/m00/s1. The average Bonchev–Trinajstić information content (AvgIpc) is 3.23. The SMILES string of the molecule is CC(C)[C@@]1(CCC(C)(C)O)CCN([C@@H](C)c2ccc(-c3ccn(C)c(=O)c3)cc2)C(=O)O1.CC(C)[C@]1(CCC(C)(C)O)CCN([C@@H](C)c2ccc(-c3ccn(C)c(=O)c3)cc2)C(=O)O1. The molecule has 4 atom stereocenters. The molecule has 0 bridgehead atoms. The Morgan fingerprint density at radius 2 is 0.875 bits per heavy atom. The van der Waals surface area contributed by atoms with Gasteiger partial charge < -0.3 is 38.6 Å². The van der Waals surface area contributed by atoms with Crippen LogP contribution >= 0.6 is 0 Å². The van der Waals surface area contributed by atoms with E-state index in [-0.39, 0.29) is 47.2 Å². The molecule has 2 N–H and O–H groups in total. The lowest BCUT2D eigenvalue weighted by atomic mass is 9.79. The van der Waals surface area contributed by atoms with E-state index in [1.807, 2.05) is 74.5 Å². The van der Waals surface area contributed by atoms with Crippen molar-refractivity contribution in [3.63, 3.8) is 0 Å². The number of aryl methyl sites for hydroxylation is 2. The number of amides is 2. The van der Waals surface area contributed by atoms with Gasteiger partial charge in [0.25, 0.3) is 11.1 Å². The van der Waals surface area contributed by atoms with Gasteiger partial charge in [-0.25, -0.2) is 9.59 Å². The van der Waals surface area contributed by atoms with E-state index in [1.165, 1.54) is 0 Å². The van der Waals surface area contributed by atoms with Gasteiger partial charge in [0.2, 0.25) is 0 Å². The number of nitrogens with zero attached hydrogens (tertiary/aromatic N) is 4. The predicted octanol–water partition coefficient (Wildman–Crippen LogP) is 9.80. The number of aromatic nitrogens is 2. The van der Waals surface area contributed by atoms with Crippen LogP contribution in [0.15, 0.2) is 94.8 Å². The molecule has 2 amide bonds. The molecule has 2 saturated heterocycles. The first kappa shape index (κ1) is 49.8. The molecule has 2 fully saturated rings. The average molecular weight is 881 g/mol. The van der Waals surface area contributed by atoms with Crippen LogP contribution in [-0.2, 0) is 23.6 Å². The lowest BCUT2D eigenvalue weighted by Crippen LogP contribution is -2.53. The van der Waals surface area contributed by atoms with Crippen LogP contribution in [0, 0.1) is 11.8 Å². The number of benzene rings is 2. The molecule has 12 nitrogen and oxygen atoms in total. The molecule has 2 aromatic carbocycles. The maximum atomic E-state index is 13.0. The van der Waals surface area contributed by atoms with E-state index in [0.717, 1.165) is 46.2 Å². The summed E-state index contributed by atoms with van der Waals surface area (Å²) in [7, 11) is 3.46. The van der Waals surface area contributed by atoms with E-state index >= 15 is 0 Å². The molecular formula is C52H72N4O8. The zero-order chi connectivity index (χ0) is 47.4. The molecule has 6 rings (SSSR count). The molecule has 2 aliphatic rings. The summed E-state index contributed by atoms with van der Waals surface area (Å²) in [6.07, 6.45) is 6.85. The second kappa shape index (κ2) is 19.9. The fourth-order valence-electron chi connectivity index (χ4n) is 8.57. The minimum Gasteiger partial charge on any atom is -0.442 e. The van der Waals surface area contributed by atoms with Crippen molar-refractivity contribution in [3.8, 4) is 22.3 Å². The van der Waals surface area contributed by atoms with Gasteiger partial charge in [0, 0.05) is 64.6 Å². The summed E-state index contributed by atoms with van der Waals surface area (Å²) in [6.45, 7) is 20.7. The quantitative estimate of drug-likeness (QED) is 0.128. The summed E-state index contributed by atoms with van der Waals surface area (Å²) in [5, 5.41) is 20.3. The van der Waals surface area contributed by atoms with Crippen molar-refractivity contribution in [2.24, 2.45) is 25.9 Å². The van der Waals surface area contributed by atoms with Crippen molar-refractivity contribution in [2.75, 3.05) is 13.1 Å². The Bertz CT molecular complexity index is 2170. The van der Waals surface area contributed by atoms with E-state index in [4.69, 9.17) is 9.47 Å². The molecule has 2 aromatic heterocycles. The maximum absolute atomic E-state index is 13.0. The normalized spacial score (nSPS) is 20.4. The van der Waals surface area contributed by atoms with Crippen molar-refractivity contribution >= 4 is 12.2 Å². The molecule has 12 heteroatoms. The Morgan fingerprint density at radius 3 is 1.14 bits per heavy atom. The van der Waals surface area contributed by atoms with Crippen LogP contribution in [-0.4, -0.2) is 76.8 Å². The van der Waals surface area contributed by atoms with Gasteiger partial charge in [-0.2, -0.15) is 0 Å². The van der Waals surface area contributed by atoms with E-state index in [9.17, 15) is 29.4 Å². The second-order valence-electron chi connectivity index (χ2n) is 20.0. The third-order valence-corrected chi connectivity index (χ3v) is 13.6.